The molecule has 0 aliphatic rings. The quantitative estimate of drug-likeness (QED) is 0.169. The summed E-state index contributed by atoms with van der Waals surface area (Å²) in [4.78, 5) is 10.7. The van der Waals surface area contributed by atoms with Gasteiger partial charge in [0.25, 0.3) is 0 Å². The van der Waals surface area contributed by atoms with Crippen LogP contribution in [0.2, 0.25) is 0 Å². The van der Waals surface area contributed by atoms with Gasteiger partial charge < -0.3 is 9.52 Å². The van der Waals surface area contributed by atoms with Gasteiger partial charge in [-0.2, -0.15) is 0 Å². The molecular weight excluding hydrogens is 990 g/mol. The van der Waals surface area contributed by atoms with E-state index in [1.54, 1.807) is 0 Å². The van der Waals surface area contributed by atoms with Gasteiger partial charge in [-0.15, -0.1) is 23.8 Å². The van der Waals surface area contributed by atoms with E-state index in [0.717, 1.165) is 105 Å². The van der Waals surface area contributed by atoms with E-state index in [2.05, 4.69) is 204 Å². The molecule has 0 saturated heterocycles. The van der Waals surface area contributed by atoms with E-state index < -0.39 is 0 Å². The molecule has 326 valence electrons. The average molecular weight is 1040 g/mol. The number of phenols is 1. The summed E-state index contributed by atoms with van der Waals surface area (Å²) in [6.07, 6.45) is 1.87. The third kappa shape index (κ3) is 7.32. The third-order valence-corrected chi connectivity index (χ3v) is 12.7. The van der Waals surface area contributed by atoms with Crippen molar-refractivity contribution in [2.24, 2.45) is 0 Å². The van der Waals surface area contributed by atoms with E-state index >= 15 is 0 Å². The van der Waals surface area contributed by atoms with Gasteiger partial charge in [-0.3, -0.25) is 9.55 Å². The zero-order chi connectivity index (χ0) is 44.6. The molecule has 11 aromatic rings. The Bertz CT molecular complexity index is 3630. The van der Waals surface area contributed by atoms with Crippen molar-refractivity contribution >= 4 is 43.7 Å². The number of hydrogen-bond acceptors (Lipinski definition) is 4. The number of fused-ring (bicyclic) bond motifs is 6. The number of imidazole rings is 1. The van der Waals surface area contributed by atoms with Gasteiger partial charge >= 0.3 is 0 Å². The summed E-state index contributed by atoms with van der Waals surface area (Å²) >= 11 is 0. The molecule has 0 aliphatic heterocycles. The van der Waals surface area contributed by atoms with E-state index in [1.807, 2.05) is 24.4 Å². The van der Waals surface area contributed by atoms with Crippen molar-refractivity contribution in [3.05, 3.63) is 193 Å². The van der Waals surface area contributed by atoms with Crippen LogP contribution in [0.4, 0.5) is 0 Å². The van der Waals surface area contributed by atoms with Crippen LogP contribution in [0.3, 0.4) is 0 Å². The largest absolute Gasteiger partial charge is 0.507 e. The predicted molar refractivity (Wildman–Crippen MR) is 269 cm³/mol. The van der Waals surface area contributed by atoms with Gasteiger partial charge in [0.1, 0.15) is 22.7 Å². The topological polar surface area (TPSA) is 64.1 Å². The molecule has 3 aromatic heterocycles. The molecule has 0 unspecified atom stereocenters. The fourth-order valence-corrected chi connectivity index (χ4v) is 9.34. The number of benzene rings is 8. The van der Waals surface area contributed by atoms with Gasteiger partial charge in [-0.05, 0) is 63.2 Å². The predicted octanol–water partition coefficient (Wildman–Crippen LogP) is 15.9. The number of phenolic OH excluding ortho intramolecular Hbond substituents is 1. The zero-order valence-corrected chi connectivity index (χ0v) is 40.0. The maximum absolute atomic E-state index is 12.5. The number of aromatic hydroxyl groups is 1. The standard InChI is InChI=1S/C60H48N3O2.Pt/c1-59(2,3)43-35-49(55(64)50(36-43)60(4,5)6)58-62-54-45(25-17-27-52(54)63(58)51-26-16-15-23-44(51)38-20-11-8-12-21-38)41-32-40(37-18-9-7-10-19-37)33-42(34-41)53-57-48(30-31-61-53)47-29-28-39-22-13-14-24-46(39)56(47)65-57;/h7-33,35-36,64H,1-6H3;/q-1;. The Morgan fingerprint density at radius 2 is 1.21 bits per heavy atom. The molecule has 0 saturated carbocycles. The summed E-state index contributed by atoms with van der Waals surface area (Å²) in [6, 6.07) is 62.9. The summed E-state index contributed by atoms with van der Waals surface area (Å²) in [7, 11) is 0. The van der Waals surface area contributed by atoms with Gasteiger partial charge in [0.05, 0.1) is 22.3 Å². The van der Waals surface area contributed by atoms with Crippen LogP contribution in [0.25, 0.3) is 105 Å². The molecule has 0 spiro atoms. The second-order valence-electron chi connectivity index (χ2n) is 19.1. The number of furan rings is 1. The number of nitrogens with zero attached hydrogens (tertiary/aromatic N) is 3. The van der Waals surface area contributed by atoms with Crippen molar-refractivity contribution in [1.82, 2.24) is 14.5 Å². The van der Waals surface area contributed by atoms with E-state index in [9.17, 15) is 5.11 Å². The normalized spacial score (nSPS) is 12.0. The first-order valence-corrected chi connectivity index (χ1v) is 22.3. The van der Waals surface area contributed by atoms with Crippen LogP contribution < -0.4 is 0 Å². The molecule has 6 heteroatoms. The van der Waals surface area contributed by atoms with Crippen molar-refractivity contribution in [3.8, 4) is 67.5 Å². The van der Waals surface area contributed by atoms with Crippen LogP contribution in [0, 0.1) is 6.07 Å². The van der Waals surface area contributed by atoms with Crippen molar-refractivity contribution in [1.29, 1.82) is 0 Å². The minimum atomic E-state index is -0.336. The number of hydrogen-bond donors (Lipinski definition) is 1. The second-order valence-corrected chi connectivity index (χ2v) is 19.1. The molecule has 11 rings (SSSR count). The zero-order valence-electron chi connectivity index (χ0n) is 37.8. The SMILES string of the molecule is CC(C)(C)c1cc(-c2nc3c(-c4[c-]c(-c5nccc6c5oc5c7ccccc7ccc65)cc(-c5ccccc5)c4)cccc3n2-c2ccccc2-c2ccccc2)c(O)c(C(C)(C)C)c1.[Pt]. The van der Waals surface area contributed by atoms with E-state index in [-0.39, 0.29) is 37.6 Å². The van der Waals surface area contributed by atoms with Crippen molar-refractivity contribution in [2.45, 2.75) is 52.4 Å². The molecule has 0 aliphatic carbocycles. The summed E-state index contributed by atoms with van der Waals surface area (Å²) in [5.74, 6) is 0.892. The average Bonchev–Trinajstić information content (AvgIpc) is 3.91. The van der Waals surface area contributed by atoms with Crippen LogP contribution in [0.1, 0.15) is 52.7 Å². The molecular formula is C60H48N3O2Pt-. The molecule has 66 heavy (non-hydrogen) atoms. The molecule has 1 N–H and O–H groups in total. The fourth-order valence-electron chi connectivity index (χ4n) is 9.34. The maximum Gasteiger partial charge on any atom is 0.148 e. The van der Waals surface area contributed by atoms with Crippen LogP contribution in [-0.4, -0.2) is 19.6 Å². The monoisotopic (exact) mass is 1040 g/mol. The Balaban J connectivity index is 0.00000511. The van der Waals surface area contributed by atoms with Gasteiger partial charge in [-0.25, -0.2) is 4.98 Å². The van der Waals surface area contributed by atoms with E-state index in [4.69, 9.17) is 14.4 Å². The van der Waals surface area contributed by atoms with Crippen LogP contribution in [-0.2, 0) is 31.9 Å². The first-order valence-electron chi connectivity index (χ1n) is 22.3. The summed E-state index contributed by atoms with van der Waals surface area (Å²) in [6.45, 7) is 13.1. The number of para-hydroxylation sites is 2. The van der Waals surface area contributed by atoms with Gasteiger partial charge in [-0.1, -0.05) is 186 Å². The van der Waals surface area contributed by atoms with Crippen molar-refractivity contribution in [3.63, 3.8) is 0 Å². The Labute approximate surface area is 399 Å². The Hall–Kier alpha value is -7.07. The molecule has 8 aromatic carbocycles. The molecule has 0 bridgehead atoms. The van der Waals surface area contributed by atoms with Crippen molar-refractivity contribution in [2.75, 3.05) is 0 Å². The van der Waals surface area contributed by atoms with E-state index in [1.165, 1.54) is 0 Å². The van der Waals surface area contributed by atoms with E-state index in [0.29, 0.717) is 11.4 Å². The molecule has 0 atom stereocenters. The number of pyridine rings is 1. The Morgan fingerprint density at radius 3 is 1.97 bits per heavy atom. The fraction of sp³-hybridized carbons (Fsp3) is 0.133. The summed E-state index contributed by atoms with van der Waals surface area (Å²) in [5, 5.41) is 16.7. The molecule has 3 heterocycles. The maximum atomic E-state index is 12.5. The first kappa shape index (κ1) is 42.9. The van der Waals surface area contributed by atoms with Crippen LogP contribution >= 0.6 is 0 Å². The van der Waals surface area contributed by atoms with Gasteiger partial charge in [0, 0.05) is 60.2 Å². The minimum absolute atomic E-state index is 0. The van der Waals surface area contributed by atoms with Crippen molar-refractivity contribution < 1.29 is 30.6 Å². The first-order chi connectivity index (χ1) is 31.4. The Kier molecular flexibility index (Phi) is 10.7. The van der Waals surface area contributed by atoms with Gasteiger partial charge in [0.2, 0.25) is 0 Å². The Morgan fingerprint density at radius 1 is 0.545 bits per heavy atom. The van der Waals surface area contributed by atoms with Crippen LogP contribution in [0.15, 0.2) is 180 Å². The summed E-state index contributed by atoms with van der Waals surface area (Å²) in [5.41, 5.74) is 13.9. The smallest absolute Gasteiger partial charge is 0.148 e. The van der Waals surface area contributed by atoms with Gasteiger partial charge in [0.15, 0.2) is 0 Å². The van der Waals surface area contributed by atoms with Crippen LogP contribution in [0.5, 0.6) is 5.75 Å². The molecule has 0 fully saturated rings. The summed E-state index contributed by atoms with van der Waals surface area (Å²) < 4.78 is 9.07. The third-order valence-electron chi connectivity index (χ3n) is 12.7. The minimum Gasteiger partial charge on any atom is -0.507 e. The number of rotatable bonds is 6. The second kappa shape index (κ2) is 16.4. The molecule has 0 amide bonds. The molecule has 0 radical (unpaired) electrons. The molecule has 5 nitrogen and oxygen atoms in total. The number of aromatic nitrogens is 3.